The summed E-state index contributed by atoms with van der Waals surface area (Å²) in [5.41, 5.74) is 0. The van der Waals surface area contributed by atoms with Gasteiger partial charge in [0, 0.05) is 0 Å². The van der Waals surface area contributed by atoms with Gasteiger partial charge in [-0.3, -0.25) is 0 Å². The summed E-state index contributed by atoms with van der Waals surface area (Å²) in [5, 5.41) is 0. The van der Waals surface area contributed by atoms with E-state index in [1.807, 2.05) is 0 Å². The number of hydrogen-bond acceptors (Lipinski definition) is 0. The van der Waals surface area contributed by atoms with E-state index >= 15 is 0 Å². The van der Waals surface area contributed by atoms with Gasteiger partial charge in [-0.25, -0.2) is 0 Å². The molecule has 0 fully saturated rings. The van der Waals surface area contributed by atoms with E-state index < -0.39 is 40.4 Å². The second kappa shape index (κ2) is 22.0. The van der Waals surface area contributed by atoms with Gasteiger partial charge in [0.05, 0.1) is 26.2 Å². The van der Waals surface area contributed by atoms with Gasteiger partial charge in [0.25, 0.3) is 0 Å². The molecule has 0 aromatic heterocycles. The van der Waals surface area contributed by atoms with Crippen molar-refractivity contribution in [2.45, 2.75) is 138 Å². The van der Waals surface area contributed by atoms with Crippen molar-refractivity contribution in [3.63, 3.8) is 0 Å². The number of rotatable bonds is 15. The van der Waals surface area contributed by atoms with E-state index in [-0.39, 0.29) is 7.43 Å². The molecular weight excluding hydrogens is 488 g/mol. The molecular formula is C27H66AlF2NSi3. The van der Waals surface area contributed by atoms with Crippen LogP contribution in [-0.4, -0.2) is 71.0 Å². The van der Waals surface area contributed by atoms with Crippen molar-refractivity contribution in [1.29, 1.82) is 0 Å². The normalized spacial score (nSPS) is 12.1. The van der Waals surface area contributed by atoms with Crippen molar-refractivity contribution in [2.24, 2.45) is 0 Å². The third kappa shape index (κ3) is 22.2. The molecule has 0 aromatic rings. The monoisotopic (exact) mass is 553 g/mol. The minimum absolute atomic E-state index is 0. The predicted molar refractivity (Wildman–Crippen MR) is 167 cm³/mol. The van der Waals surface area contributed by atoms with Gasteiger partial charge in [-0.2, -0.15) is 0 Å². The topological polar surface area (TPSA) is 0 Å². The zero-order valence-corrected chi connectivity index (χ0v) is 30.4. The SMILES string of the molecule is CCCC[N+](CCCC)(CCCC)CCCC.C[Si](C)(C)[C-]([Si](C)(C)C)[Si](C)(C)C.[CH3-].[F][Al+][F]. The van der Waals surface area contributed by atoms with Crippen LogP contribution in [0.3, 0.4) is 0 Å². The number of nitrogens with zero attached hydrogens (tertiary/aromatic N) is 1. The Morgan fingerprint density at radius 3 is 0.794 bits per heavy atom. The first-order valence-electron chi connectivity index (χ1n) is 13.8. The molecule has 7 heteroatoms. The van der Waals surface area contributed by atoms with Gasteiger partial charge in [-0.15, -0.1) is 24.2 Å². The second-order valence-corrected chi connectivity index (χ2v) is 29.5. The average molecular weight is 554 g/mol. The Balaban J connectivity index is -0.000000237. The van der Waals surface area contributed by atoms with Crippen LogP contribution in [0.4, 0.5) is 7.05 Å². The molecule has 0 bridgehead atoms. The fraction of sp³-hybridized carbons (Fsp3) is 0.926. The van der Waals surface area contributed by atoms with Crippen molar-refractivity contribution in [2.75, 3.05) is 26.2 Å². The molecule has 0 aliphatic carbocycles. The predicted octanol–water partition coefficient (Wildman–Crippen LogP) is 10.1. The van der Waals surface area contributed by atoms with Crippen LogP contribution in [0.2, 0.25) is 58.9 Å². The number of quaternary nitrogens is 1. The molecule has 0 radical (unpaired) electrons. The molecule has 0 spiro atoms. The Labute approximate surface area is 227 Å². The second-order valence-electron chi connectivity index (χ2n) is 12.9. The molecule has 0 amide bonds. The average Bonchev–Trinajstić information content (AvgIpc) is 2.64. The van der Waals surface area contributed by atoms with Crippen LogP contribution in [0, 0.1) is 12.2 Å². The first-order chi connectivity index (χ1) is 15.0. The summed E-state index contributed by atoms with van der Waals surface area (Å²) in [6, 6.07) is 0. The molecule has 0 rings (SSSR count). The van der Waals surface area contributed by atoms with Crippen LogP contribution in [-0.2, 0) is 0 Å². The third-order valence-electron chi connectivity index (χ3n) is 6.19. The maximum atomic E-state index is 9.71. The van der Waals surface area contributed by atoms with Gasteiger partial charge in [0.1, 0.15) is 0 Å². The summed E-state index contributed by atoms with van der Waals surface area (Å²) in [5.74, 6) is 0. The summed E-state index contributed by atoms with van der Waals surface area (Å²) in [7, 11) is -3.05. The van der Waals surface area contributed by atoms with E-state index in [2.05, 4.69) is 91.4 Å². The number of halogens is 2. The third-order valence-corrected chi connectivity index (χ3v) is 24.2. The molecule has 208 valence electrons. The van der Waals surface area contributed by atoms with Crippen LogP contribution in [0.25, 0.3) is 0 Å². The Bertz CT molecular complexity index is 362. The van der Waals surface area contributed by atoms with Crippen molar-refractivity contribution in [1.82, 2.24) is 0 Å². The molecule has 34 heavy (non-hydrogen) atoms. The zero-order valence-electron chi connectivity index (χ0n) is 26.3. The Hall–Kier alpha value is 1.00. The van der Waals surface area contributed by atoms with E-state index in [1.165, 1.54) is 82.0 Å². The molecule has 0 atom stereocenters. The van der Waals surface area contributed by atoms with Crippen molar-refractivity contribution < 1.29 is 11.5 Å². The van der Waals surface area contributed by atoms with Crippen LogP contribution < -0.4 is 0 Å². The van der Waals surface area contributed by atoms with E-state index in [0.29, 0.717) is 0 Å². The van der Waals surface area contributed by atoms with Crippen LogP contribution in [0.15, 0.2) is 0 Å². The standard InChI is InChI=1S/C16H36N.C10H27Si3.CH3.Al.2FH/c1-5-9-13-17(14-10-6-2,15-11-7-3)16-12-8-4;1-11(2,3)10(12(4,5)6)13(7,8)9;;;;/h5-16H2,1-4H3;1-9H3;1H3;;2*1H/q+1;2*-1;+3;;/p-2. The molecule has 1 nitrogen and oxygen atoms in total. The van der Waals surface area contributed by atoms with Gasteiger partial charge in [-0.05, 0) is 25.7 Å². The molecule has 0 heterocycles. The molecule has 0 aromatic carbocycles. The van der Waals surface area contributed by atoms with Gasteiger partial charge in [0.2, 0.25) is 0 Å². The summed E-state index contributed by atoms with van der Waals surface area (Å²) in [4.78, 5) is 2.06. The van der Waals surface area contributed by atoms with Gasteiger partial charge >= 0.3 is 23.2 Å². The molecule has 0 aliphatic rings. The summed E-state index contributed by atoms with van der Waals surface area (Å²) >= 11 is -2.25. The van der Waals surface area contributed by atoms with Crippen LogP contribution in [0.1, 0.15) is 79.1 Å². The fourth-order valence-corrected chi connectivity index (χ4v) is 33.0. The Kier molecular flexibility index (Phi) is 27.3. The van der Waals surface area contributed by atoms with E-state index in [4.69, 9.17) is 0 Å². The summed E-state index contributed by atoms with van der Waals surface area (Å²) in [6.07, 6.45) is 11.1. The fourth-order valence-electron chi connectivity index (χ4n) is 6.02. The molecule has 0 saturated carbocycles. The molecule has 0 N–H and O–H groups in total. The quantitative estimate of drug-likeness (QED) is 0.107. The van der Waals surface area contributed by atoms with Crippen molar-refractivity contribution in [3.8, 4) is 0 Å². The van der Waals surface area contributed by atoms with Gasteiger partial charge < -0.3 is 16.7 Å². The molecule has 0 aliphatic heterocycles. The van der Waals surface area contributed by atoms with E-state index in [0.717, 1.165) is 0 Å². The Morgan fingerprint density at radius 2 is 0.706 bits per heavy atom. The molecule has 0 unspecified atom stereocenters. The van der Waals surface area contributed by atoms with Gasteiger partial charge in [-0.1, -0.05) is 112 Å². The molecule has 0 saturated heterocycles. The van der Waals surface area contributed by atoms with E-state index in [1.54, 1.807) is 0 Å². The summed E-state index contributed by atoms with van der Waals surface area (Å²) < 4.78 is 20.8. The number of hydrogen-bond donors (Lipinski definition) is 0. The zero-order chi connectivity index (χ0) is 26.8. The van der Waals surface area contributed by atoms with Gasteiger partial charge in [0.15, 0.2) is 0 Å². The Morgan fingerprint density at radius 1 is 0.529 bits per heavy atom. The first-order valence-corrected chi connectivity index (χ1v) is 25.2. The van der Waals surface area contributed by atoms with Crippen molar-refractivity contribution >= 4 is 40.4 Å². The maximum absolute atomic E-state index is 9.71. The van der Waals surface area contributed by atoms with Crippen LogP contribution in [0.5, 0.6) is 0 Å². The first kappa shape index (κ1) is 42.1. The summed E-state index contributed by atoms with van der Waals surface area (Å²) in [6.45, 7) is 37.8. The van der Waals surface area contributed by atoms with E-state index in [9.17, 15) is 7.05 Å². The minimum atomic E-state index is -2.25. The van der Waals surface area contributed by atoms with Crippen molar-refractivity contribution in [3.05, 3.63) is 12.2 Å². The number of unbranched alkanes of at least 4 members (excludes halogenated alkanes) is 4. The van der Waals surface area contributed by atoms with Crippen LogP contribution >= 0.6 is 0 Å².